The second kappa shape index (κ2) is 6.11. The normalized spacial score (nSPS) is 12.1. The third kappa shape index (κ3) is 2.80. The van der Waals surface area contributed by atoms with E-state index >= 15 is 0 Å². The van der Waals surface area contributed by atoms with Gasteiger partial charge in [-0.2, -0.15) is 0 Å². The Morgan fingerprint density at radius 1 is 1.16 bits per heavy atom. The average molecular weight is 257 g/mol. The van der Waals surface area contributed by atoms with Crippen LogP contribution in [0.15, 0.2) is 53.5 Å². The predicted octanol–water partition coefficient (Wildman–Crippen LogP) is 1.63. The molecule has 4 nitrogen and oxygen atoms in total. The van der Waals surface area contributed by atoms with E-state index in [-0.39, 0.29) is 23.8 Å². The van der Waals surface area contributed by atoms with Gasteiger partial charge in [0.05, 0.1) is 11.6 Å². The second-order valence-corrected chi connectivity index (χ2v) is 4.23. The molecule has 1 aromatic heterocycles. The number of aliphatic hydroxyl groups excluding tert-OH is 1. The van der Waals surface area contributed by atoms with Crippen molar-refractivity contribution in [2.45, 2.75) is 12.5 Å². The van der Waals surface area contributed by atoms with Gasteiger partial charge in [0.2, 0.25) is 0 Å². The van der Waals surface area contributed by atoms with E-state index in [0.29, 0.717) is 12.7 Å². The highest BCUT2D eigenvalue weighted by Gasteiger charge is 2.15. The zero-order valence-electron chi connectivity index (χ0n) is 10.4. The van der Waals surface area contributed by atoms with Crippen molar-refractivity contribution >= 4 is 6.29 Å². The van der Waals surface area contributed by atoms with E-state index < -0.39 is 0 Å². The molecule has 1 aromatic carbocycles. The van der Waals surface area contributed by atoms with Crippen molar-refractivity contribution in [3.63, 3.8) is 0 Å². The maximum absolute atomic E-state index is 12.1. The molecule has 98 valence electrons. The van der Waals surface area contributed by atoms with Gasteiger partial charge in [0.1, 0.15) is 0 Å². The summed E-state index contributed by atoms with van der Waals surface area (Å²) in [6, 6.07) is 12.4. The lowest BCUT2D eigenvalue weighted by atomic mass is 10.0. The molecule has 1 N–H and O–H groups in total. The van der Waals surface area contributed by atoms with Crippen molar-refractivity contribution in [2.75, 3.05) is 6.61 Å². The molecule has 0 radical (unpaired) electrons. The summed E-state index contributed by atoms with van der Waals surface area (Å²) in [7, 11) is 0. The lowest BCUT2D eigenvalue weighted by molar-refractivity contribution is 0.112. The highest BCUT2D eigenvalue weighted by atomic mass is 16.3. The highest BCUT2D eigenvalue weighted by molar-refractivity contribution is 5.73. The van der Waals surface area contributed by atoms with Crippen LogP contribution in [0.2, 0.25) is 0 Å². The zero-order valence-corrected chi connectivity index (χ0v) is 10.4. The quantitative estimate of drug-likeness (QED) is 0.828. The molecule has 0 amide bonds. The Balaban J connectivity index is 2.51. The van der Waals surface area contributed by atoms with Gasteiger partial charge in [0, 0.05) is 12.8 Å². The minimum Gasteiger partial charge on any atom is -0.396 e. The highest BCUT2D eigenvalue weighted by Crippen LogP contribution is 2.19. The fourth-order valence-corrected chi connectivity index (χ4v) is 2.13. The number of rotatable bonds is 5. The number of pyridine rings is 1. The molecular weight excluding hydrogens is 242 g/mol. The molecule has 1 atom stereocenters. The molecule has 0 saturated carbocycles. The Bertz CT molecular complexity index is 604. The summed E-state index contributed by atoms with van der Waals surface area (Å²) in [5, 5.41) is 9.19. The first-order chi connectivity index (χ1) is 9.27. The van der Waals surface area contributed by atoms with Gasteiger partial charge in [-0.3, -0.25) is 9.59 Å². The molecule has 2 rings (SSSR count). The number of hydrogen-bond donors (Lipinski definition) is 1. The van der Waals surface area contributed by atoms with E-state index in [1.54, 1.807) is 12.3 Å². The number of carbonyl (C=O) groups excluding carboxylic acids is 1. The van der Waals surface area contributed by atoms with Crippen LogP contribution in [0.25, 0.3) is 0 Å². The maximum Gasteiger partial charge on any atom is 0.261 e. The van der Waals surface area contributed by atoms with E-state index in [2.05, 4.69) is 0 Å². The summed E-state index contributed by atoms with van der Waals surface area (Å²) in [5.41, 5.74) is 0.725. The number of hydrogen-bond acceptors (Lipinski definition) is 3. The van der Waals surface area contributed by atoms with Gasteiger partial charge in [-0.05, 0) is 24.1 Å². The number of aliphatic hydroxyl groups is 1. The van der Waals surface area contributed by atoms with Crippen molar-refractivity contribution in [1.82, 2.24) is 4.57 Å². The molecule has 19 heavy (non-hydrogen) atoms. The molecular formula is C15H15NO3. The molecule has 1 heterocycles. The molecule has 0 bridgehead atoms. The molecule has 2 aromatic rings. The molecule has 4 heteroatoms. The van der Waals surface area contributed by atoms with Crippen LogP contribution >= 0.6 is 0 Å². The molecule has 0 spiro atoms. The van der Waals surface area contributed by atoms with Crippen molar-refractivity contribution in [1.29, 1.82) is 0 Å². The second-order valence-electron chi connectivity index (χ2n) is 4.23. The summed E-state index contributed by atoms with van der Waals surface area (Å²) in [4.78, 5) is 23.0. The fraction of sp³-hybridized carbons (Fsp3) is 0.200. The van der Waals surface area contributed by atoms with Crippen molar-refractivity contribution in [3.05, 3.63) is 70.1 Å². The Kier molecular flexibility index (Phi) is 4.26. The first kappa shape index (κ1) is 13.2. The van der Waals surface area contributed by atoms with Crippen molar-refractivity contribution in [2.24, 2.45) is 0 Å². The summed E-state index contributed by atoms with van der Waals surface area (Å²) in [6.45, 7) is -0.0304. The van der Waals surface area contributed by atoms with Crippen LogP contribution < -0.4 is 5.56 Å². The third-order valence-electron chi connectivity index (χ3n) is 3.05. The third-order valence-corrected chi connectivity index (χ3v) is 3.05. The van der Waals surface area contributed by atoms with E-state index in [1.807, 2.05) is 30.3 Å². The van der Waals surface area contributed by atoms with E-state index in [0.717, 1.165) is 5.56 Å². The largest absolute Gasteiger partial charge is 0.396 e. The van der Waals surface area contributed by atoms with Gasteiger partial charge in [-0.1, -0.05) is 30.3 Å². The number of benzene rings is 1. The SMILES string of the molecule is O=Cc1cccn(C(CCO)c2ccccc2)c1=O. The van der Waals surface area contributed by atoms with Crippen molar-refractivity contribution < 1.29 is 9.90 Å². The van der Waals surface area contributed by atoms with Gasteiger partial charge in [0.25, 0.3) is 5.56 Å². The minimum absolute atomic E-state index is 0.0304. The van der Waals surface area contributed by atoms with Gasteiger partial charge in [0.15, 0.2) is 6.29 Å². The Labute approximate surface area is 110 Å². The summed E-state index contributed by atoms with van der Waals surface area (Å²) >= 11 is 0. The topological polar surface area (TPSA) is 59.3 Å². The smallest absolute Gasteiger partial charge is 0.261 e. The van der Waals surface area contributed by atoms with Gasteiger partial charge < -0.3 is 9.67 Å². The van der Waals surface area contributed by atoms with Gasteiger partial charge >= 0.3 is 0 Å². The van der Waals surface area contributed by atoms with Crippen LogP contribution in [0.5, 0.6) is 0 Å². The lowest BCUT2D eigenvalue weighted by Crippen LogP contribution is -2.28. The molecule has 0 aliphatic heterocycles. The van der Waals surface area contributed by atoms with Crippen LogP contribution in [-0.2, 0) is 0 Å². The average Bonchev–Trinajstić information content (AvgIpc) is 2.46. The molecule has 0 aliphatic carbocycles. The molecule has 0 aliphatic rings. The number of aldehydes is 1. The monoisotopic (exact) mass is 257 g/mol. The lowest BCUT2D eigenvalue weighted by Gasteiger charge is -2.19. The van der Waals surface area contributed by atoms with Crippen LogP contribution in [0, 0.1) is 0 Å². The Morgan fingerprint density at radius 2 is 1.89 bits per heavy atom. The van der Waals surface area contributed by atoms with E-state index in [1.165, 1.54) is 10.6 Å². The minimum atomic E-state index is -0.334. The summed E-state index contributed by atoms with van der Waals surface area (Å²) in [5.74, 6) is 0. The van der Waals surface area contributed by atoms with Crippen LogP contribution in [0.4, 0.5) is 0 Å². The zero-order chi connectivity index (χ0) is 13.7. The van der Waals surface area contributed by atoms with Crippen LogP contribution in [-0.4, -0.2) is 22.6 Å². The van der Waals surface area contributed by atoms with E-state index in [4.69, 9.17) is 0 Å². The molecule has 1 unspecified atom stereocenters. The number of nitrogens with zero attached hydrogens (tertiary/aromatic N) is 1. The Hall–Kier alpha value is -2.20. The summed E-state index contributed by atoms with van der Waals surface area (Å²) < 4.78 is 1.50. The number of carbonyl (C=O) groups is 1. The van der Waals surface area contributed by atoms with Gasteiger partial charge in [-0.25, -0.2) is 0 Å². The predicted molar refractivity (Wildman–Crippen MR) is 72.4 cm³/mol. The van der Waals surface area contributed by atoms with E-state index in [9.17, 15) is 14.7 Å². The van der Waals surface area contributed by atoms with Gasteiger partial charge in [-0.15, -0.1) is 0 Å². The fourth-order valence-electron chi connectivity index (χ4n) is 2.13. The Morgan fingerprint density at radius 3 is 2.53 bits per heavy atom. The summed E-state index contributed by atoms with van der Waals surface area (Å²) in [6.07, 6.45) is 2.62. The van der Waals surface area contributed by atoms with Crippen LogP contribution in [0.3, 0.4) is 0 Å². The van der Waals surface area contributed by atoms with Crippen LogP contribution in [0.1, 0.15) is 28.4 Å². The standard InChI is InChI=1S/C15H15NO3/c17-10-8-14(12-5-2-1-3-6-12)16-9-4-7-13(11-18)15(16)19/h1-7,9,11,14,17H,8,10H2. The first-order valence-electron chi connectivity index (χ1n) is 6.10. The number of aromatic nitrogens is 1. The first-order valence-corrected chi connectivity index (χ1v) is 6.10. The maximum atomic E-state index is 12.1. The molecule has 0 fully saturated rings. The molecule has 0 saturated heterocycles. The van der Waals surface area contributed by atoms with Crippen molar-refractivity contribution in [3.8, 4) is 0 Å².